The van der Waals surface area contributed by atoms with Crippen molar-refractivity contribution in [1.29, 1.82) is 0 Å². The van der Waals surface area contributed by atoms with Gasteiger partial charge in [-0.05, 0) is 31.5 Å². The highest BCUT2D eigenvalue weighted by Gasteiger charge is 2.15. The van der Waals surface area contributed by atoms with E-state index >= 15 is 0 Å². The molecule has 0 aliphatic heterocycles. The van der Waals surface area contributed by atoms with Crippen LogP contribution in [0.3, 0.4) is 0 Å². The Labute approximate surface area is 97.8 Å². The lowest BCUT2D eigenvalue weighted by atomic mass is 9.97. The monoisotopic (exact) mass is 223 g/mol. The summed E-state index contributed by atoms with van der Waals surface area (Å²) in [6.07, 6.45) is 0. The highest BCUT2D eigenvalue weighted by molar-refractivity contribution is 5.50. The third-order valence-electron chi connectivity index (χ3n) is 2.85. The highest BCUT2D eigenvalue weighted by atomic mass is 16.5. The van der Waals surface area contributed by atoms with E-state index in [1.54, 1.807) is 14.2 Å². The number of benzene rings is 1. The Morgan fingerprint density at radius 3 is 2.44 bits per heavy atom. The van der Waals surface area contributed by atoms with Gasteiger partial charge in [0.25, 0.3) is 0 Å². The maximum atomic E-state index is 5.48. The van der Waals surface area contributed by atoms with Crippen molar-refractivity contribution in [3.8, 4) is 11.5 Å². The molecular weight excluding hydrogens is 202 g/mol. The van der Waals surface area contributed by atoms with Gasteiger partial charge in [0.1, 0.15) is 11.5 Å². The number of rotatable bonds is 5. The summed E-state index contributed by atoms with van der Waals surface area (Å²) >= 11 is 0. The molecule has 0 bridgehead atoms. The van der Waals surface area contributed by atoms with E-state index in [1.165, 1.54) is 5.56 Å². The summed E-state index contributed by atoms with van der Waals surface area (Å²) in [6.45, 7) is 5.13. The second-order valence-electron chi connectivity index (χ2n) is 3.97. The Kier molecular flexibility index (Phi) is 4.62. The van der Waals surface area contributed by atoms with Gasteiger partial charge >= 0.3 is 0 Å². The molecule has 1 N–H and O–H groups in total. The minimum absolute atomic E-state index is 0.421. The van der Waals surface area contributed by atoms with Crippen LogP contribution in [0.4, 0.5) is 0 Å². The standard InChI is InChI=1S/C13H21NO2/c1-9(8-14-3)11-6-7-12(15-4)10(2)13(11)16-5/h6-7,9,14H,8H2,1-5H3. The molecule has 0 amide bonds. The largest absolute Gasteiger partial charge is 0.496 e. The Balaban J connectivity index is 3.14. The Bertz CT molecular complexity index is 350. The SMILES string of the molecule is CNCC(C)c1ccc(OC)c(C)c1OC. The molecule has 3 nitrogen and oxygen atoms in total. The fourth-order valence-corrected chi connectivity index (χ4v) is 1.99. The van der Waals surface area contributed by atoms with Crippen LogP contribution in [0.5, 0.6) is 11.5 Å². The molecule has 0 aromatic heterocycles. The van der Waals surface area contributed by atoms with Gasteiger partial charge in [0, 0.05) is 12.1 Å². The molecule has 0 aliphatic rings. The lowest BCUT2D eigenvalue weighted by Gasteiger charge is -2.18. The summed E-state index contributed by atoms with van der Waals surface area (Å²) in [5.74, 6) is 2.23. The minimum atomic E-state index is 0.421. The Morgan fingerprint density at radius 1 is 1.25 bits per heavy atom. The van der Waals surface area contributed by atoms with Crippen molar-refractivity contribution in [2.75, 3.05) is 27.8 Å². The molecule has 0 aliphatic carbocycles. The van der Waals surface area contributed by atoms with Crippen LogP contribution >= 0.6 is 0 Å². The highest BCUT2D eigenvalue weighted by Crippen LogP contribution is 2.35. The number of methoxy groups -OCH3 is 2. The van der Waals surface area contributed by atoms with Crippen LogP contribution in [0.25, 0.3) is 0 Å². The van der Waals surface area contributed by atoms with Crippen molar-refractivity contribution < 1.29 is 9.47 Å². The summed E-state index contributed by atoms with van der Waals surface area (Å²) in [4.78, 5) is 0. The molecule has 1 unspecified atom stereocenters. The van der Waals surface area contributed by atoms with Gasteiger partial charge in [0.15, 0.2) is 0 Å². The zero-order valence-corrected chi connectivity index (χ0v) is 10.8. The molecule has 1 rings (SSSR count). The van der Waals surface area contributed by atoms with Gasteiger partial charge in [-0.25, -0.2) is 0 Å². The van der Waals surface area contributed by atoms with Gasteiger partial charge in [0.05, 0.1) is 14.2 Å². The summed E-state index contributed by atoms with van der Waals surface area (Å²) in [5, 5.41) is 3.18. The van der Waals surface area contributed by atoms with E-state index in [9.17, 15) is 0 Å². The van der Waals surface area contributed by atoms with Gasteiger partial charge in [-0.15, -0.1) is 0 Å². The summed E-state index contributed by atoms with van der Waals surface area (Å²) in [6, 6.07) is 4.08. The topological polar surface area (TPSA) is 30.5 Å². The summed E-state index contributed by atoms with van der Waals surface area (Å²) < 4.78 is 10.8. The average Bonchev–Trinajstić information content (AvgIpc) is 2.28. The second kappa shape index (κ2) is 5.75. The molecule has 1 atom stereocenters. The predicted molar refractivity (Wildman–Crippen MR) is 66.6 cm³/mol. The molecule has 16 heavy (non-hydrogen) atoms. The minimum Gasteiger partial charge on any atom is -0.496 e. The first-order chi connectivity index (χ1) is 7.65. The molecule has 0 saturated carbocycles. The lowest BCUT2D eigenvalue weighted by Crippen LogP contribution is -2.15. The van der Waals surface area contributed by atoms with Crippen LogP contribution in [0, 0.1) is 6.92 Å². The number of ether oxygens (including phenoxy) is 2. The zero-order valence-electron chi connectivity index (χ0n) is 10.8. The summed E-state index contributed by atoms with van der Waals surface area (Å²) in [7, 11) is 5.34. The van der Waals surface area contributed by atoms with Crippen molar-refractivity contribution in [3.05, 3.63) is 23.3 Å². The molecular formula is C13H21NO2. The lowest BCUT2D eigenvalue weighted by molar-refractivity contribution is 0.383. The molecule has 1 aromatic rings. The van der Waals surface area contributed by atoms with Crippen molar-refractivity contribution in [2.45, 2.75) is 19.8 Å². The van der Waals surface area contributed by atoms with Crippen molar-refractivity contribution in [2.24, 2.45) is 0 Å². The number of nitrogens with one attached hydrogen (secondary N) is 1. The number of hydrogen-bond donors (Lipinski definition) is 1. The molecule has 0 saturated heterocycles. The normalized spacial score (nSPS) is 12.3. The molecule has 3 heteroatoms. The van der Waals surface area contributed by atoms with E-state index in [4.69, 9.17) is 9.47 Å². The van der Waals surface area contributed by atoms with Crippen LogP contribution < -0.4 is 14.8 Å². The van der Waals surface area contributed by atoms with Crippen LogP contribution in [0.15, 0.2) is 12.1 Å². The van der Waals surface area contributed by atoms with Crippen molar-refractivity contribution in [3.63, 3.8) is 0 Å². The predicted octanol–water partition coefficient (Wildman–Crippen LogP) is 2.34. The Hall–Kier alpha value is -1.22. The van der Waals surface area contributed by atoms with Crippen LogP contribution in [-0.2, 0) is 0 Å². The van der Waals surface area contributed by atoms with Crippen LogP contribution in [-0.4, -0.2) is 27.8 Å². The van der Waals surface area contributed by atoms with Gasteiger partial charge in [-0.1, -0.05) is 13.0 Å². The fourth-order valence-electron chi connectivity index (χ4n) is 1.99. The third kappa shape index (κ3) is 2.47. The van der Waals surface area contributed by atoms with Crippen LogP contribution in [0.2, 0.25) is 0 Å². The molecule has 1 aromatic carbocycles. The third-order valence-corrected chi connectivity index (χ3v) is 2.85. The van der Waals surface area contributed by atoms with Gasteiger partial charge in [0.2, 0.25) is 0 Å². The van der Waals surface area contributed by atoms with E-state index in [-0.39, 0.29) is 0 Å². The maximum Gasteiger partial charge on any atom is 0.128 e. The number of hydrogen-bond acceptors (Lipinski definition) is 3. The van der Waals surface area contributed by atoms with E-state index < -0.39 is 0 Å². The molecule has 90 valence electrons. The van der Waals surface area contributed by atoms with E-state index in [2.05, 4.69) is 18.3 Å². The summed E-state index contributed by atoms with van der Waals surface area (Å²) in [5.41, 5.74) is 2.28. The van der Waals surface area contributed by atoms with Crippen LogP contribution in [0.1, 0.15) is 24.0 Å². The first-order valence-electron chi connectivity index (χ1n) is 5.51. The van der Waals surface area contributed by atoms with Gasteiger partial charge in [-0.2, -0.15) is 0 Å². The van der Waals surface area contributed by atoms with Crippen molar-refractivity contribution in [1.82, 2.24) is 5.32 Å². The fraction of sp³-hybridized carbons (Fsp3) is 0.538. The zero-order chi connectivity index (χ0) is 12.1. The van der Waals surface area contributed by atoms with E-state index in [0.29, 0.717) is 5.92 Å². The first kappa shape index (κ1) is 12.8. The average molecular weight is 223 g/mol. The smallest absolute Gasteiger partial charge is 0.128 e. The van der Waals surface area contributed by atoms with Gasteiger partial charge < -0.3 is 14.8 Å². The molecule has 0 fully saturated rings. The molecule has 0 radical (unpaired) electrons. The maximum absolute atomic E-state index is 5.48. The first-order valence-corrected chi connectivity index (χ1v) is 5.51. The van der Waals surface area contributed by atoms with Crippen molar-refractivity contribution >= 4 is 0 Å². The molecule has 0 spiro atoms. The second-order valence-corrected chi connectivity index (χ2v) is 3.97. The van der Waals surface area contributed by atoms with E-state index in [1.807, 2.05) is 20.0 Å². The number of likely N-dealkylation sites (N-methyl/N-ethyl adjacent to an activating group) is 1. The van der Waals surface area contributed by atoms with Gasteiger partial charge in [-0.3, -0.25) is 0 Å². The Morgan fingerprint density at radius 2 is 1.94 bits per heavy atom. The molecule has 0 heterocycles. The quantitative estimate of drug-likeness (QED) is 0.831. The van der Waals surface area contributed by atoms with E-state index in [0.717, 1.165) is 23.6 Å².